The van der Waals surface area contributed by atoms with E-state index < -0.39 is 0 Å². The van der Waals surface area contributed by atoms with E-state index in [0.717, 1.165) is 16.7 Å². The highest BCUT2D eigenvalue weighted by Gasteiger charge is 2.32. The van der Waals surface area contributed by atoms with Crippen molar-refractivity contribution in [1.29, 1.82) is 0 Å². The lowest BCUT2D eigenvalue weighted by Crippen LogP contribution is -2.22. The number of rotatable bonds is 2. The van der Waals surface area contributed by atoms with E-state index in [2.05, 4.69) is 36.4 Å². The summed E-state index contributed by atoms with van der Waals surface area (Å²) in [7, 11) is 0. The third-order valence-corrected chi connectivity index (χ3v) is 4.84. The topological polar surface area (TPSA) is 40.5 Å². The van der Waals surface area contributed by atoms with Crippen molar-refractivity contribution in [2.45, 2.75) is 11.8 Å². The maximum Gasteiger partial charge on any atom is 0.0540 e. The summed E-state index contributed by atoms with van der Waals surface area (Å²) in [5, 5.41) is 22.3. The summed E-state index contributed by atoms with van der Waals surface area (Å²) in [6, 6.07) is 20.6. The van der Waals surface area contributed by atoms with E-state index in [1.807, 2.05) is 24.3 Å². The molecule has 0 heterocycles. The highest BCUT2D eigenvalue weighted by atomic mass is 16.3. The molecule has 2 heteroatoms. The van der Waals surface area contributed by atoms with Crippen LogP contribution in [-0.2, 0) is 0 Å². The van der Waals surface area contributed by atoms with Crippen molar-refractivity contribution in [2.24, 2.45) is 0 Å². The Labute approximate surface area is 129 Å². The Balaban J connectivity index is 2.08. The second-order valence-corrected chi connectivity index (χ2v) is 5.89. The van der Waals surface area contributed by atoms with Gasteiger partial charge in [0.05, 0.1) is 13.2 Å². The molecule has 0 amide bonds. The number of fused-ring (bicyclic) bond motifs is 4. The second kappa shape index (κ2) is 5.24. The maximum absolute atomic E-state index is 10.0. The van der Waals surface area contributed by atoms with Gasteiger partial charge in [-0.3, -0.25) is 0 Å². The Hall–Kier alpha value is -2.16. The van der Waals surface area contributed by atoms with Crippen LogP contribution in [0.15, 0.2) is 60.7 Å². The van der Waals surface area contributed by atoms with Crippen LogP contribution in [0.2, 0.25) is 0 Å². The summed E-state index contributed by atoms with van der Waals surface area (Å²) < 4.78 is 0. The van der Waals surface area contributed by atoms with Crippen LogP contribution in [0.5, 0.6) is 0 Å². The van der Waals surface area contributed by atoms with Crippen molar-refractivity contribution < 1.29 is 10.2 Å². The molecule has 3 aromatic carbocycles. The Morgan fingerprint density at radius 2 is 1.27 bits per heavy atom. The average molecular weight is 290 g/mol. The first kappa shape index (κ1) is 13.5. The van der Waals surface area contributed by atoms with Gasteiger partial charge in [0.15, 0.2) is 0 Å². The van der Waals surface area contributed by atoms with Gasteiger partial charge in [-0.2, -0.15) is 0 Å². The molecule has 22 heavy (non-hydrogen) atoms. The highest BCUT2D eigenvalue weighted by molar-refractivity contribution is 5.89. The first-order valence-corrected chi connectivity index (χ1v) is 7.67. The summed E-state index contributed by atoms with van der Waals surface area (Å²) in [4.78, 5) is 0. The minimum Gasteiger partial charge on any atom is -0.395 e. The molecule has 2 nitrogen and oxygen atoms in total. The quantitative estimate of drug-likeness (QED) is 0.759. The van der Waals surface area contributed by atoms with E-state index in [4.69, 9.17) is 0 Å². The molecule has 1 aliphatic carbocycles. The maximum atomic E-state index is 10.0. The normalized spacial score (nSPS) is 19.7. The second-order valence-electron chi connectivity index (χ2n) is 5.89. The van der Waals surface area contributed by atoms with Crippen molar-refractivity contribution in [3.8, 4) is 0 Å². The lowest BCUT2D eigenvalue weighted by atomic mass is 9.71. The number of hydrogen-bond donors (Lipinski definition) is 2. The van der Waals surface area contributed by atoms with Crippen LogP contribution in [0.3, 0.4) is 0 Å². The van der Waals surface area contributed by atoms with Crippen LogP contribution < -0.4 is 0 Å². The summed E-state index contributed by atoms with van der Waals surface area (Å²) in [6.07, 6.45) is 0. The molecule has 0 aromatic heterocycles. The number of aliphatic hydroxyl groups excluding tert-OH is 2. The van der Waals surface area contributed by atoms with Gasteiger partial charge in [0, 0.05) is 11.8 Å². The van der Waals surface area contributed by atoms with E-state index in [0.29, 0.717) is 0 Å². The fourth-order valence-electron chi connectivity index (χ4n) is 3.86. The van der Waals surface area contributed by atoms with Gasteiger partial charge < -0.3 is 10.2 Å². The molecule has 0 bridgehead atoms. The highest BCUT2D eigenvalue weighted by Crippen LogP contribution is 2.45. The molecule has 0 radical (unpaired) electrons. The minimum atomic E-state index is -0.0277. The van der Waals surface area contributed by atoms with E-state index >= 15 is 0 Å². The molecule has 0 saturated heterocycles. The van der Waals surface area contributed by atoms with Crippen LogP contribution >= 0.6 is 0 Å². The van der Waals surface area contributed by atoms with Gasteiger partial charge in [0.25, 0.3) is 0 Å². The smallest absolute Gasteiger partial charge is 0.0540 e. The van der Waals surface area contributed by atoms with Gasteiger partial charge in [-0.25, -0.2) is 0 Å². The lowest BCUT2D eigenvalue weighted by molar-refractivity contribution is 0.263. The van der Waals surface area contributed by atoms with Crippen molar-refractivity contribution in [3.05, 3.63) is 82.9 Å². The first-order chi connectivity index (χ1) is 10.8. The van der Waals surface area contributed by atoms with Gasteiger partial charge >= 0.3 is 0 Å². The predicted molar refractivity (Wildman–Crippen MR) is 88.2 cm³/mol. The van der Waals surface area contributed by atoms with Gasteiger partial charge in [-0.1, -0.05) is 60.7 Å². The largest absolute Gasteiger partial charge is 0.395 e. The predicted octanol–water partition coefficient (Wildman–Crippen LogP) is 3.40. The zero-order chi connectivity index (χ0) is 15.1. The molecule has 0 aliphatic heterocycles. The molecule has 0 saturated carbocycles. The van der Waals surface area contributed by atoms with Crippen molar-refractivity contribution >= 4 is 10.8 Å². The molecule has 2 N–H and O–H groups in total. The monoisotopic (exact) mass is 290 g/mol. The Morgan fingerprint density at radius 1 is 0.636 bits per heavy atom. The summed E-state index contributed by atoms with van der Waals surface area (Å²) >= 11 is 0. The molecule has 1 aliphatic rings. The zero-order valence-corrected chi connectivity index (χ0v) is 12.2. The molecule has 2 atom stereocenters. The minimum absolute atomic E-state index is 0.0152. The third-order valence-electron chi connectivity index (χ3n) is 4.84. The molecular formula is C20H18O2. The van der Waals surface area contributed by atoms with Crippen molar-refractivity contribution in [1.82, 2.24) is 0 Å². The van der Waals surface area contributed by atoms with Gasteiger partial charge in [-0.05, 0) is 33.0 Å². The molecule has 2 unspecified atom stereocenters. The number of benzene rings is 3. The van der Waals surface area contributed by atoms with E-state index in [9.17, 15) is 10.2 Å². The van der Waals surface area contributed by atoms with Gasteiger partial charge in [0.2, 0.25) is 0 Å². The molecular weight excluding hydrogens is 272 g/mol. The van der Waals surface area contributed by atoms with E-state index in [1.54, 1.807) is 0 Å². The van der Waals surface area contributed by atoms with Gasteiger partial charge in [-0.15, -0.1) is 0 Å². The molecule has 110 valence electrons. The summed E-state index contributed by atoms with van der Waals surface area (Å²) in [5.74, 6) is -0.0429. The molecule has 0 fully saturated rings. The van der Waals surface area contributed by atoms with Crippen LogP contribution in [0.4, 0.5) is 0 Å². The Morgan fingerprint density at radius 3 is 2.00 bits per heavy atom. The SMILES string of the molecule is OCC1c2ccccc2C(CO)c2c1ccc1ccccc21. The van der Waals surface area contributed by atoms with Crippen molar-refractivity contribution in [3.63, 3.8) is 0 Å². The van der Waals surface area contributed by atoms with Crippen molar-refractivity contribution in [2.75, 3.05) is 13.2 Å². The molecule has 0 spiro atoms. The van der Waals surface area contributed by atoms with Crippen LogP contribution in [0.1, 0.15) is 34.1 Å². The summed E-state index contributed by atoms with van der Waals surface area (Å²) in [6.45, 7) is 0.163. The molecule has 4 rings (SSSR count). The first-order valence-electron chi connectivity index (χ1n) is 7.67. The number of hydrogen-bond acceptors (Lipinski definition) is 2. The average Bonchev–Trinajstić information content (AvgIpc) is 2.59. The Kier molecular flexibility index (Phi) is 3.21. The fraction of sp³-hybridized carbons (Fsp3) is 0.200. The van der Waals surface area contributed by atoms with Gasteiger partial charge in [0.1, 0.15) is 0 Å². The van der Waals surface area contributed by atoms with Crippen LogP contribution in [-0.4, -0.2) is 23.4 Å². The molecule has 3 aromatic rings. The van der Waals surface area contributed by atoms with Crippen LogP contribution in [0.25, 0.3) is 10.8 Å². The fourth-order valence-corrected chi connectivity index (χ4v) is 3.86. The van der Waals surface area contributed by atoms with E-state index in [-0.39, 0.29) is 25.0 Å². The standard InChI is InChI=1S/C20H18O2/c21-11-18-15-7-3-4-8-16(15)19(12-22)20-14-6-2-1-5-13(14)9-10-17(18)20/h1-10,18-19,21-22H,11-12H2. The summed E-state index contributed by atoms with van der Waals surface area (Å²) in [5.41, 5.74) is 4.57. The van der Waals surface area contributed by atoms with E-state index in [1.165, 1.54) is 16.3 Å². The Bertz CT molecular complexity index is 838. The zero-order valence-electron chi connectivity index (χ0n) is 12.2. The lowest BCUT2D eigenvalue weighted by Gasteiger charge is -2.33. The third kappa shape index (κ3) is 1.81. The number of aliphatic hydroxyl groups is 2. The van der Waals surface area contributed by atoms with Crippen LogP contribution in [0, 0.1) is 0 Å².